The SMILES string of the molecule is CCOC(COc1ccc(-n2cnc3cc(Cl)ccc3c2=O)cc1OC)OCC. The van der Waals surface area contributed by atoms with Crippen LogP contribution in [0.4, 0.5) is 0 Å². The largest absolute Gasteiger partial charge is 0.493 e. The monoisotopic (exact) mass is 418 g/mol. The van der Waals surface area contributed by atoms with Gasteiger partial charge < -0.3 is 18.9 Å². The van der Waals surface area contributed by atoms with Gasteiger partial charge in [0.2, 0.25) is 0 Å². The fourth-order valence-corrected chi connectivity index (χ4v) is 3.04. The molecule has 0 aliphatic rings. The van der Waals surface area contributed by atoms with Gasteiger partial charge in [-0.3, -0.25) is 9.36 Å². The van der Waals surface area contributed by atoms with Crippen molar-refractivity contribution in [1.29, 1.82) is 0 Å². The van der Waals surface area contributed by atoms with Gasteiger partial charge in [-0.15, -0.1) is 0 Å². The zero-order valence-corrected chi connectivity index (χ0v) is 17.3. The van der Waals surface area contributed by atoms with E-state index < -0.39 is 6.29 Å². The molecule has 0 spiro atoms. The smallest absolute Gasteiger partial charge is 0.265 e. The number of hydrogen-bond donors (Lipinski definition) is 0. The second kappa shape index (κ2) is 9.73. The Kier molecular flexibility index (Phi) is 7.09. The topological polar surface area (TPSA) is 71.8 Å². The molecular formula is C21H23ClN2O5. The van der Waals surface area contributed by atoms with Crippen LogP contribution in [0.5, 0.6) is 11.5 Å². The summed E-state index contributed by atoms with van der Waals surface area (Å²) in [6.07, 6.45) is 1.00. The molecule has 154 valence electrons. The molecule has 3 aromatic rings. The molecule has 0 aliphatic heterocycles. The van der Waals surface area contributed by atoms with Gasteiger partial charge in [-0.2, -0.15) is 0 Å². The van der Waals surface area contributed by atoms with E-state index in [1.54, 1.807) is 36.4 Å². The second-order valence-electron chi connectivity index (χ2n) is 6.07. The number of rotatable bonds is 9. The van der Waals surface area contributed by atoms with Crippen molar-refractivity contribution in [3.63, 3.8) is 0 Å². The molecule has 0 atom stereocenters. The quantitative estimate of drug-likeness (QED) is 0.492. The van der Waals surface area contributed by atoms with Crippen LogP contribution in [0.2, 0.25) is 5.02 Å². The van der Waals surface area contributed by atoms with Gasteiger partial charge >= 0.3 is 0 Å². The van der Waals surface area contributed by atoms with Crippen LogP contribution in [0.3, 0.4) is 0 Å². The van der Waals surface area contributed by atoms with Crippen LogP contribution in [0.1, 0.15) is 13.8 Å². The molecule has 0 saturated carbocycles. The summed E-state index contributed by atoms with van der Waals surface area (Å²) in [4.78, 5) is 17.2. The Morgan fingerprint density at radius 3 is 2.52 bits per heavy atom. The lowest BCUT2D eigenvalue weighted by Crippen LogP contribution is -2.25. The first-order valence-electron chi connectivity index (χ1n) is 9.28. The third kappa shape index (κ3) is 4.87. The average molecular weight is 419 g/mol. The van der Waals surface area contributed by atoms with Gasteiger partial charge in [0.25, 0.3) is 5.56 Å². The first-order chi connectivity index (χ1) is 14.1. The maximum Gasteiger partial charge on any atom is 0.265 e. The lowest BCUT2D eigenvalue weighted by Gasteiger charge is -2.19. The van der Waals surface area contributed by atoms with E-state index in [2.05, 4.69) is 4.98 Å². The van der Waals surface area contributed by atoms with Gasteiger partial charge in [0, 0.05) is 24.3 Å². The Morgan fingerprint density at radius 2 is 1.83 bits per heavy atom. The van der Waals surface area contributed by atoms with Crippen LogP contribution in [0.15, 0.2) is 47.5 Å². The number of aromatic nitrogens is 2. The van der Waals surface area contributed by atoms with E-state index in [0.29, 0.717) is 46.3 Å². The van der Waals surface area contributed by atoms with Crippen LogP contribution in [-0.2, 0) is 9.47 Å². The number of fused-ring (bicyclic) bond motifs is 1. The van der Waals surface area contributed by atoms with Crippen molar-refractivity contribution in [3.05, 3.63) is 58.1 Å². The Morgan fingerprint density at radius 1 is 1.07 bits per heavy atom. The van der Waals surface area contributed by atoms with Crippen molar-refractivity contribution in [2.75, 3.05) is 26.9 Å². The van der Waals surface area contributed by atoms with Crippen LogP contribution in [0.25, 0.3) is 16.6 Å². The summed E-state index contributed by atoms with van der Waals surface area (Å²) in [7, 11) is 1.54. The number of methoxy groups -OCH3 is 1. The molecule has 0 amide bonds. The summed E-state index contributed by atoms with van der Waals surface area (Å²) in [6.45, 7) is 5.05. The van der Waals surface area contributed by atoms with Crippen molar-refractivity contribution in [3.8, 4) is 17.2 Å². The summed E-state index contributed by atoms with van der Waals surface area (Å²) in [5.74, 6) is 1.01. The lowest BCUT2D eigenvalue weighted by atomic mass is 10.2. The predicted molar refractivity (Wildman–Crippen MR) is 111 cm³/mol. The van der Waals surface area contributed by atoms with Gasteiger partial charge in [-0.05, 0) is 44.2 Å². The fraction of sp³-hybridized carbons (Fsp3) is 0.333. The predicted octanol–water partition coefficient (Wildman–Crippen LogP) is 3.83. The molecule has 0 aliphatic carbocycles. The van der Waals surface area contributed by atoms with E-state index in [4.69, 9.17) is 30.5 Å². The highest BCUT2D eigenvalue weighted by molar-refractivity contribution is 6.31. The third-order valence-electron chi connectivity index (χ3n) is 4.23. The van der Waals surface area contributed by atoms with Crippen molar-refractivity contribution in [1.82, 2.24) is 9.55 Å². The molecule has 2 aromatic carbocycles. The molecule has 0 saturated heterocycles. The molecule has 3 rings (SSSR count). The van der Waals surface area contributed by atoms with Gasteiger partial charge in [0.1, 0.15) is 12.9 Å². The van der Waals surface area contributed by atoms with E-state index in [9.17, 15) is 4.79 Å². The summed E-state index contributed by atoms with van der Waals surface area (Å²) in [6, 6.07) is 10.2. The fourth-order valence-electron chi connectivity index (χ4n) is 2.88. The zero-order valence-electron chi connectivity index (χ0n) is 16.6. The van der Waals surface area contributed by atoms with Crippen molar-refractivity contribution in [2.45, 2.75) is 20.1 Å². The molecule has 8 heteroatoms. The van der Waals surface area contributed by atoms with E-state index in [1.807, 2.05) is 13.8 Å². The number of ether oxygens (including phenoxy) is 4. The lowest BCUT2D eigenvalue weighted by molar-refractivity contribution is -0.152. The minimum Gasteiger partial charge on any atom is -0.493 e. The highest BCUT2D eigenvalue weighted by Crippen LogP contribution is 2.29. The minimum absolute atomic E-state index is 0.199. The Balaban J connectivity index is 1.89. The standard InChI is InChI=1S/C21H23ClN2O5/c1-4-27-20(28-5-2)12-29-18-9-7-15(11-19(18)26-3)24-13-23-17-10-14(22)6-8-16(17)21(24)25/h6-11,13,20H,4-5,12H2,1-3H3. The molecule has 1 heterocycles. The maximum absolute atomic E-state index is 12.9. The number of nitrogens with zero attached hydrogens (tertiary/aromatic N) is 2. The first-order valence-corrected chi connectivity index (χ1v) is 9.66. The molecule has 0 unspecified atom stereocenters. The summed E-state index contributed by atoms with van der Waals surface area (Å²) < 4.78 is 23.7. The molecule has 0 N–H and O–H groups in total. The summed E-state index contributed by atoms with van der Waals surface area (Å²) in [5.41, 5.74) is 0.952. The molecule has 29 heavy (non-hydrogen) atoms. The minimum atomic E-state index is -0.464. The van der Waals surface area contributed by atoms with E-state index in [-0.39, 0.29) is 12.2 Å². The maximum atomic E-state index is 12.9. The Bertz CT molecular complexity index is 1030. The highest BCUT2D eigenvalue weighted by Gasteiger charge is 2.14. The molecule has 1 aromatic heterocycles. The number of benzene rings is 2. The second-order valence-corrected chi connectivity index (χ2v) is 6.50. The van der Waals surface area contributed by atoms with E-state index >= 15 is 0 Å². The Labute approximate surface area is 173 Å². The van der Waals surface area contributed by atoms with Gasteiger partial charge in [-0.25, -0.2) is 4.98 Å². The highest BCUT2D eigenvalue weighted by atomic mass is 35.5. The van der Waals surface area contributed by atoms with Crippen molar-refractivity contribution >= 4 is 22.5 Å². The van der Waals surface area contributed by atoms with Crippen LogP contribution in [-0.4, -0.2) is 42.8 Å². The van der Waals surface area contributed by atoms with Gasteiger partial charge in [0.15, 0.2) is 17.8 Å². The normalized spacial score (nSPS) is 11.2. The molecule has 0 fully saturated rings. The number of halogens is 1. The van der Waals surface area contributed by atoms with Gasteiger partial charge in [0.05, 0.1) is 23.7 Å². The van der Waals surface area contributed by atoms with Crippen molar-refractivity contribution in [2.24, 2.45) is 0 Å². The first kappa shape index (κ1) is 21.1. The van der Waals surface area contributed by atoms with Crippen LogP contribution >= 0.6 is 11.6 Å². The summed E-state index contributed by atoms with van der Waals surface area (Å²) >= 11 is 5.98. The van der Waals surface area contributed by atoms with Crippen LogP contribution in [0, 0.1) is 0 Å². The number of hydrogen-bond acceptors (Lipinski definition) is 6. The van der Waals surface area contributed by atoms with Gasteiger partial charge in [-0.1, -0.05) is 11.6 Å². The average Bonchev–Trinajstić information content (AvgIpc) is 2.72. The Hall–Kier alpha value is -2.61. The molecule has 0 bridgehead atoms. The molecular weight excluding hydrogens is 396 g/mol. The zero-order chi connectivity index (χ0) is 20.8. The molecule has 7 nitrogen and oxygen atoms in total. The summed E-state index contributed by atoms with van der Waals surface area (Å²) in [5, 5.41) is 1.01. The third-order valence-corrected chi connectivity index (χ3v) is 4.46. The van der Waals surface area contributed by atoms with Crippen molar-refractivity contribution < 1.29 is 18.9 Å². The van der Waals surface area contributed by atoms with E-state index in [0.717, 1.165) is 0 Å². The van der Waals surface area contributed by atoms with Crippen LogP contribution < -0.4 is 15.0 Å². The molecule has 0 radical (unpaired) electrons. The van der Waals surface area contributed by atoms with E-state index in [1.165, 1.54) is 18.0 Å².